The number of aliphatic hydroxyl groups is 1. The molecule has 0 aliphatic heterocycles. The maximum Gasteiger partial charge on any atom is 0.362 e. The van der Waals surface area contributed by atoms with Gasteiger partial charge in [-0.3, -0.25) is 0 Å². The van der Waals surface area contributed by atoms with Crippen molar-refractivity contribution in [1.82, 2.24) is 9.97 Å². The number of hydrogen-bond acceptors (Lipinski definition) is 8. The third kappa shape index (κ3) is 3.40. The van der Waals surface area contributed by atoms with Crippen LogP contribution in [0.5, 0.6) is 0 Å². The Morgan fingerprint density at radius 2 is 2.04 bits per heavy atom. The van der Waals surface area contributed by atoms with Gasteiger partial charge in [0.05, 0.1) is 26.2 Å². The number of fused-ring (bicyclic) bond motifs is 1. The maximum absolute atomic E-state index is 12.1. The van der Waals surface area contributed by atoms with Gasteiger partial charge >= 0.3 is 5.63 Å². The molecule has 0 radical (unpaired) electrons. The topological polar surface area (TPSA) is 110 Å². The smallest absolute Gasteiger partial charge is 0.362 e. The van der Waals surface area contributed by atoms with Crippen molar-refractivity contribution >= 4 is 44.1 Å². The Balaban J connectivity index is 2.14. The van der Waals surface area contributed by atoms with Crippen LogP contribution in [0.1, 0.15) is 28.2 Å². The lowest BCUT2D eigenvalue weighted by molar-refractivity contribution is 0.515. The molecule has 9 heteroatoms. The molecule has 3 aromatic rings. The molecule has 0 amide bonds. The highest BCUT2D eigenvalue weighted by molar-refractivity contribution is 7.91. The summed E-state index contributed by atoms with van der Waals surface area (Å²) in [6.45, 7) is 5.11. The highest BCUT2D eigenvalue weighted by Crippen LogP contribution is 2.25. The van der Waals surface area contributed by atoms with E-state index in [9.17, 15) is 18.3 Å². The van der Waals surface area contributed by atoms with E-state index in [1.807, 2.05) is 6.92 Å². The molecule has 2 aromatic heterocycles. The molecule has 136 valence electrons. The summed E-state index contributed by atoms with van der Waals surface area (Å²) in [7, 11) is -3.41. The second-order valence-electron chi connectivity index (χ2n) is 5.60. The predicted octanol–water partition coefficient (Wildman–Crippen LogP) is 3.11. The van der Waals surface area contributed by atoms with Crippen LogP contribution in [0.4, 0.5) is 0 Å². The molecule has 0 aliphatic carbocycles. The molecule has 0 saturated carbocycles. The van der Waals surface area contributed by atoms with E-state index in [-0.39, 0.29) is 33.2 Å². The van der Waals surface area contributed by atoms with E-state index in [0.29, 0.717) is 10.6 Å². The van der Waals surface area contributed by atoms with Gasteiger partial charge in [0, 0.05) is 6.08 Å². The van der Waals surface area contributed by atoms with E-state index in [2.05, 4.69) is 9.97 Å². The summed E-state index contributed by atoms with van der Waals surface area (Å²) in [4.78, 5) is 21.1. The van der Waals surface area contributed by atoms with Crippen molar-refractivity contribution in [2.45, 2.75) is 25.7 Å². The number of benzene rings is 1. The van der Waals surface area contributed by atoms with Gasteiger partial charge in [0.25, 0.3) is 0 Å². The zero-order valence-corrected chi connectivity index (χ0v) is 15.9. The Hall–Kier alpha value is -2.52. The first-order valence-electron chi connectivity index (χ1n) is 7.74. The highest BCUT2D eigenvalue weighted by atomic mass is 32.2. The predicted molar refractivity (Wildman–Crippen MR) is 100 cm³/mol. The number of sulfone groups is 1. The van der Waals surface area contributed by atoms with Gasteiger partial charge in [0.2, 0.25) is 0 Å². The Bertz CT molecular complexity index is 1190. The third-order valence-electron chi connectivity index (χ3n) is 3.73. The second-order valence-corrected chi connectivity index (χ2v) is 9.08. The SMILES string of the molecule is CCS(=O)(=O)c1ccc2oc(=O)c(C=C(O)c3sc(C)nc3C)nc2c1. The van der Waals surface area contributed by atoms with Crippen LogP contribution in [0.25, 0.3) is 22.9 Å². The van der Waals surface area contributed by atoms with Gasteiger partial charge in [-0.2, -0.15) is 0 Å². The van der Waals surface area contributed by atoms with E-state index in [1.54, 1.807) is 13.8 Å². The standard InChI is InChI=1S/C17H16N2O5S2/c1-4-26(22,23)11-5-6-15-12(7-11)19-13(17(21)24-15)8-14(20)16-9(2)18-10(3)25-16/h5-8,20H,4H2,1-3H3. The Kier molecular flexibility index (Phi) is 4.68. The molecule has 0 saturated heterocycles. The van der Waals surface area contributed by atoms with Gasteiger partial charge in [0.15, 0.2) is 21.1 Å². The van der Waals surface area contributed by atoms with Gasteiger partial charge in [-0.05, 0) is 32.0 Å². The quantitative estimate of drug-likeness (QED) is 0.679. The summed E-state index contributed by atoms with van der Waals surface area (Å²) >= 11 is 1.29. The Morgan fingerprint density at radius 1 is 1.31 bits per heavy atom. The van der Waals surface area contributed by atoms with Crippen LogP contribution >= 0.6 is 11.3 Å². The zero-order chi connectivity index (χ0) is 19.1. The van der Waals surface area contributed by atoms with Crippen molar-refractivity contribution in [3.05, 3.63) is 49.9 Å². The lowest BCUT2D eigenvalue weighted by atomic mass is 10.2. The molecule has 0 atom stereocenters. The number of rotatable bonds is 4. The monoisotopic (exact) mass is 392 g/mol. The largest absolute Gasteiger partial charge is 0.506 e. The first kappa shape index (κ1) is 18.3. The fourth-order valence-electron chi connectivity index (χ4n) is 2.41. The highest BCUT2D eigenvalue weighted by Gasteiger charge is 2.15. The number of nitrogens with zero attached hydrogens (tertiary/aromatic N) is 2. The van der Waals surface area contributed by atoms with Crippen molar-refractivity contribution in [1.29, 1.82) is 0 Å². The fourth-order valence-corrected chi connectivity index (χ4v) is 4.15. The van der Waals surface area contributed by atoms with Crippen LogP contribution in [-0.4, -0.2) is 29.2 Å². The van der Waals surface area contributed by atoms with Gasteiger partial charge in [-0.25, -0.2) is 23.2 Å². The molecule has 0 fully saturated rings. The average molecular weight is 392 g/mol. The van der Waals surface area contributed by atoms with E-state index in [0.717, 1.165) is 5.01 Å². The molecular weight excluding hydrogens is 376 g/mol. The molecule has 3 rings (SSSR count). The average Bonchev–Trinajstić information content (AvgIpc) is 2.93. The van der Waals surface area contributed by atoms with Crippen LogP contribution in [0.15, 0.2) is 32.3 Å². The van der Waals surface area contributed by atoms with Crippen molar-refractivity contribution in [2.75, 3.05) is 5.75 Å². The zero-order valence-electron chi connectivity index (χ0n) is 14.3. The lowest BCUT2D eigenvalue weighted by Gasteiger charge is -2.03. The van der Waals surface area contributed by atoms with Gasteiger partial charge in [-0.15, -0.1) is 11.3 Å². The van der Waals surface area contributed by atoms with Crippen LogP contribution in [0.2, 0.25) is 0 Å². The van der Waals surface area contributed by atoms with Crippen molar-refractivity contribution in [3.8, 4) is 0 Å². The minimum atomic E-state index is -3.41. The summed E-state index contributed by atoms with van der Waals surface area (Å²) in [5.41, 5.74) is 0.185. The minimum Gasteiger partial charge on any atom is -0.506 e. The lowest BCUT2D eigenvalue weighted by Crippen LogP contribution is -2.08. The van der Waals surface area contributed by atoms with E-state index >= 15 is 0 Å². The number of aromatic nitrogens is 2. The van der Waals surface area contributed by atoms with E-state index in [1.165, 1.54) is 35.6 Å². The van der Waals surface area contributed by atoms with Crippen molar-refractivity contribution in [2.24, 2.45) is 0 Å². The van der Waals surface area contributed by atoms with E-state index < -0.39 is 15.5 Å². The van der Waals surface area contributed by atoms with Gasteiger partial charge in [0.1, 0.15) is 11.3 Å². The minimum absolute atomic E-state index is 0.0488. The van der Waals surface area contributed by atoms with Gasteiger partial charge < -0.3 is 9.52 Å². The molecule has 2 heterocycles. The molecule has 0 unspecified atom stereocenters. The van der Waals surface area contributed by atoms with E-state index in [4.69, 9.17) is 4.42 Å². The van der Waals surface area contributed by atoms with Crippen molar-refractivity contribution < 1.29 is 17.9 Å². The number of hydrogen-bond donors (Lipinski definition) is 1. The van der Waals surface area contributed by atoms with Crippen LogP contribution in [-0.2, 0) is 9.84 Å². The molecule has 0 spiro atoms. The Labute approximate surface area is 153 Å². The molecule has 0 aliphatic rings. The van der Waals surface area contributed by atoms with Gasteiger partial charge in [-0.1, -0.05) is 6.92 Å². The molecule has 26 heavy (non-hydrogen) atoms. The first-order chi connectivity index (χ1) is 12.2. The second kappa shape index (κ2) is 6.65. The first-order valence-corrected chi connectivity index (χ1v) is 10.2. The van der Waals surface area contributed by atoms with Crippen LogP contribution in [0, 0.1) is 13.8 Å². The molecule has 1 N–H and O–H groups in total. The number of thiazole rings is 1. The van der Waals surface area contributed by atoms with Crippen LogP contribution < -0.4 is 5.63 Å². The number of aliphatic hydroxyl groups excluding tert-OH is 1. The molecular formula is C17H16N2O5S2. The summed E-state index contributed by atoms with van der Waals surface area (Å²) in [6, 6.07) is 4.13. The third-order valence-corrected chi connectivity index (χ3v) is 6.56. The fraction of sp³-hybridized carbons (Fsp3) is 0.235. The Morgan fingerprint density at radius 3 is 2.65 bits per heavy atom. The summed E-state index contributed by atoms with van der Waals surface area (Å²) < 4.78 is 29.2. The van der Waals surface area contributed by atoms with Crippen LogP contribution in [0.3, 0.4) is 0 Å². The summed E-state index contributed by atoms with van der Waals surface area (Å²) in [5, 5.41) is 11.1. The molecule has 0 bridgehead atoms. The summed E-state index contributed by atoms with van der Waals surface area (Å²) in [6.07, 6.45) is 1.20. The van der Waals surface area contributed by atoms with Crippen molar-refractivity contribution in [3.63, 3.8) is 0 Å². The molecule has 1 aromatic carbocycles. The maximum atomic E-state index is 12.1. The number of aryl methyl sites for hydroxylation is 2. The normalized spacial score (nSPS) is 12.7. The molecule has 7 nitrogen and oxygen atoms in total. The summed E-state index contributed by atoms with van der Waals surface area (Å²) in [5.74, 6) is -0.197.